The summed E-state index contributed by atoms with van der Waals surface area (Å²) in [5, 5.41) is 2.54. The zero-order valence-electron chi connectivity index (χ0n) is 11.5. The SMILES string of the molecule is COc1ccc(NC(=O)N2CCC[C@@H](C(F)(F)F)C2)cn1. The van der Waals surface area contributed by atoms with Crippen LogP contribution in [-0.2, 0) is 0 Å². The van der Waals surface area contributed by atoms with Gasteiger partial charge in [-0.3, -0.25) is 0 Å². The van der Waals surface area contributed by atoms with Crippen LogP contribution in [-0.4, -0.2) is 42.3 Å². The molecule has 2 amide bonds. The molecular weight excluding hydrogens is 287 g/mol. The fourth-order valence-corrected chi connectivity index (χ4v) is 2.21. The number of nitrogens with zero attached hydrogens (tertiary/aromatic N) is 2. The van der Waals surface area contributed by atoms with Crippen molar-refractivity contribution in [3.8, 4) is 5.88 Å². The number of halogens is 3. The van der Waals surface area contributed by atoms with E-state index in [0.717, 1.165) is 0 Å². The Morgan fingerprint density at radius 2 is 2.24 bits per heavy atom. The molecule has 1 N–H and O–H groups in total. The molecule has 1 atom stereocenters. The molecule has 1 aliphatic heterocycles. The zero-order chi connectivity index (χ0) is 15.5. The van der Waals surface area contributed by atoms with Gasteiger partial charge < -0.3 is 15.0 Å². The van der Waals surface area contributed by atoms with Gasteiger partial charge in [0.15, 0.2) is 0 Å². The number of nitrogens with one attached hydrogen (secondary N) is 1. The van der Waals surface area contributed by atoms with Gasteiger partial charge in [0.25, 0.3) is 0 Å². The number of hydrogen-bond donors (Lipinski definition) is 1. The largest absolute Gasteiger partial charge is 0.481 e. The van der Waals surface area contributed by atoms with E-state index in [9.17, 15) is 18.0 Å². The number of carbonyl (C=O) groups excluding carboxylic acids is 1. The summed E-state index contributed by atoms with van der Waals surface area (Å²) in [6, 6.07) is 2.59. The van der Waals surface area contributed by atoms with Crippen LogP contribution in [0.3, 0.4) is 0 Å². The van der Waals surface area contributed by atoms with Gasteiger partial charge in [-0.15, -0.1) is 0 Å². The number of piperidine rings is 1. The minimum Gasteiger partial charge on any atom is -0.481 e. The molecular formula is C13H16F3N3O2. The van der Waals surface area contributed by atoms with Crippen molar-refractivity contribution < 1.29 is 22.7 Å². The van der Waals surface area contributed by atoms with Crippen LogP contribution < -0.4 is 10.1 Å². The second kappa shape index (κ2) is 6.19. The summed E-state index contributed by atoms with van der Waals surface area (Å²) in [6.45, 7) is 0.0148. The number of likely N-dealkylation sites (tertiary alicyclic amines) is 1. The number of pyridine rings is 1. The maximum absolute atomic E-state index is 12.7. The summed E-state index contributed by atoms with van der Waals surface area (Å²) in [5.74, 6) is -1.06. The third-order valence-corrected chi connectivity index (χ3v) is 3.37. The maximum atomic E-state index is 12.7. The third kappa shape index (κ3) is 3.99. The lowest BCUT2D eigenvalue weighted by Gasteiger charge is -2.33. The Hall–Kier alpha value is -1.99. The van der Waals surface area contributed by atoms with Gasteiger partial charge in [-0.1, -0.05) is 0 Å². The monoisotopic (exact) mass is 303 g/mol. The van der Waals surface area contributed by atoms with Crippen molar-refractivity contribution in [1.82, 2.24) is 9.88 Å². The lowest BCUT2D eigenvalue weighted by atomic mass is 9.98. The number of hydrogen-bond acceptors (Lipinski definition) is 3. The van der Waals surface area contributed by atoms with Crippen molar-refractivity contribution in [2.45, 2.75) is 19.0 Å². The Kier molecular flexibility index (Phi) is 4.54. The van der Waals surface area contributed by atoms with Gasteiger partial charge in [-0.25, -0.2) is 9.78 Å². The summed E-state index contributed by atoms with van der Waals surface area (Å²) < 4.78 is 43.0. The summed E-state index contributed by atoms with van der Waals surface area (Å²) >= 11 is 0. The molecule has 0 unspecified atom stereocenters. The number of carbonyl (C=O) groups is 1. The maximum Gasteiger partial charge on any atom is 0.393 e. The van der Waals surface area contributed by atoms with E-state index >= 15 is 0 Å². The second-order valence-electron chi connectivity index (χ2n) is 4.85. The highest BCUT2D eigenvalue weighted by Crippen LogP contribution is 2.33. The molecule has 0 radical (unpaired) electrons. The molecule has 21 heavy (non-hydrogen) atoms. The van der Waals surface area contributed by atoms with Crippen LogP contribution in [0.5, 0.6) is 5.88 Å². The molecule has 0 bridgehead atoms. The van der Waals surface area contributed by atoms with Crippen molar-refractivity contribution in [1.29, 1.82) is 0 Å². The Morgan fingerprint density at radius 3 is 2.81 bits per heavy atom. The van der Waals surface area contributed by atoms with Crippen LogP contribution in [0.25, 0.3) is 0 Å². The summed E-state index contributed by atoms with van der Waals surface area (Å²) in [7, 11) is 1.46. The molecule has 1 aliphatic rings. The van der Waals surface area contributed by atoms with E-state index in [1.807, 2.05) is 0 Å². The fraction of sp³-hybridized carbons (Fsp3) is 0.538. The Morgan fingerprint density at radius 1 is 1.48 bits per heavy atom. The van der Waals surface area contributed by atoms with Gasteiger partial charge in [0.1, 0.15) is 0 Å². The van der Waals surface area contributed by atoms with Crippen molar-refractivity contribution >= 4 is 11.7 Å². The Bertz CT molecular complexity index is 490. The van der Waals surface area contributed by atoms with Gasteiger partial charge in [0.05, 0.1) is 24.9 Å². The average molecular weight is 303 g/mol. The van der Waals surface area contributed by atoms with E-state index in [1.54, 1.807) is 12.1 Å². The molecule has 2 rings (SSSR count). The van der Waals surface area contributed by atoms with Crippen LogP contribution in [0.4, 0.5) is 23.7 Å². The van der Waals surface area contributed by atoms with Gasteiger partial charge in [0, 0.05) is 19.2 Å². The topological polar surface area (TPSA) is 54.5 Å². The smallest absolute Gasteiger partial charge is 0.393 e. The highest BCUT2D eigenvalue weighted by atomic mass is 19.4. The molecule has 0 spiro atoms. The van der Waals surface area contributed by atoms with Crippen molar-refractivity contribution in [3.05, 3.63) is 18.3 Å². The van der Waals surface area contributed by atoms with Crippen LogP contribution in [0.1, 0.15) is 12.8 Å². The van der Waals surface area contributed by atoms with Crippen molar-refractivity contribution in [2.75, 3.05) is 25.5 Å². The van der Waals surface area contributed by atoms with Gasteiger partial charge in [-0.05, 0) is 18.9 Å². The highest BCUT2D eigenvalue weighted by molar-refractivity contribution is 5.89. The number of anilines is 1. The fourth-order valence-electron chi connectivity index (χ4n) is 2.21. The first-order valence-corrected chi connectivity index (χ1v) is 6.53. The van der Waals surface area contributed by atoms with Crippen LogP contribution in [0.15, 0.2) is 18.3 Å². The molecule has 1 saturated heterocycles. The number of aromatic nitrogens is 1. The van der Waals surface area contributed by atoms with Crippen molar-refractivity contribution in [2.24, 2.45) is 5.92 Å². The van der Waals surface area contributed by atoms with Gasteiger partial charge in [-0.2, -0.15) is 13.2 Å². The standard InChI is InChI=1S/C13H16F3N3O2/c1-21-11-5-4-10(7-17-11)18-12(20)19-6-2-3-9(8-19)13(14,15)16/h4-5,7,9H,2-3,6,8H2,1H3,(H,18,20)/t9-/m1/s1. The highest BCUT2D eigenvalue weighted by Gasteiger charge is 2.42. The second-order valence-corrected chi connectivity index (χ2v) is 4.85. The normalized spacial score (nSPS) is 19.2. The first-order valence-electron chi connectivity index (χ1n) is 6.53. The number of urea groups is 1. The number of ether oxygens (including phenoxy) is 1. The summed E-state index contributed by atoms with van der Waals surface area (Å²) in [5.41, 5.74) is 0.412. The lowest BCUT2D eigenvalue weighted by Crippen LogP contribution is -2.46. The first kappa shape index (κ1) is 15.4. The van der Waals surface area contributed by atoms with Crippen molar-refractivity contribution in [3.63, 3.8) is 0 Å². The molecule has 5 nitrogen and oxygen atoms in total. The van der Waals surface area contributed by atoms with E-state index in [0.29, 0.717) is 24.5 Å². The van der Waals surface area contributed by atoms with E-state index in [2.05, 4.69) is 10.3 Å². The summed E-state index contributed by atoms with van der Waals surface area (Å²) in [6.07, 6.45) is -2.46. The molecule has 2 heterocycles. The third-order valence-electron chi connectivity index (χ3n) is 3.37. The molecule has 0 aromatic carbocycles. The minimum absolute atomic E-state index is 0.0668. The quantitative estimate of drug-likeness (QED) is 0.914. The first-order chi connectivity index (χ1) is 9.90. The summed E-state index contributed by atoms with van der Waals surface area (Å²) in [4.78, 5) is 17.1. The molecule has 1 fully saturated rings. The number of methoxy groups -OCH3 is 1. The molecule has 116 valence electrons. The molecule has 1 aromatic rings. The number of alkyl halides is 3. The zero-order valence-corrected chi connectivity index (χ0v) is 11.5. The molecule has 0 saturated carbocycles. The Labute approximate surface area is 120 Å². The molecule has 1 aromatic heterocycles. The van der Waals surface area contributed by atoms with Crippen LogP contribution in [0, 0.1) is 5.92 Å². The average Bonchev–Trinajstić information content (AvgIpc) is 2.47. The van der Waals surface area contributed by atoms with E-state index in [1.165, 1.54) is 18.2 Å². The van der Waals surface area contributed by atoms with E-state index in [4.69, 9.17) is 4.74 Å². The Balaban J connectivity index is 1.96. The molecule has 8 heteroatoms. The predicted molar refractivity (Wildman–Crippen MR) is 70.2 cm³/mol. The van der Waals surface area contributed by atoms with Gasteiger partial charge in [0.2, 0.25) is 5.88 Å². The lowest BCUT2D eigenvalue weighted by molar-refractivity contribution is -0.183. The number of rotatable bonds is 2. The van der Waals surface area contributed by atoms with E-state index in [-0.39, 0.29) is 13.0 Å². The van der Waals surface area contributed by atoms with Crippen LogP contribution >= 0.6 is 0 Å². The van der Waals surface area contributed by atoms with E-state index < -0.39 is 18.1 Å². The molecule has 0 aliphatic carbocycles. The number of amides is 2. The van der Waals surface area contributed by atoms with Crippen LogP contribution in [0.2, 0.25) is 0 Å². The predicted octanol–water partition coefficient (Wildman–Crippen LogP) is 2.90. The minimum atomic E-state index is -4.26. The van der Waals surface area contributed by atoms with Gasteiger partial charge >= 0.3 is 12.2 Å².